The summed E-state index contributed by atoms with van der Waals surface area (Å²) in [5, 5.41) is 3.46. The topological polar surface area (TPSA) is 32.3 Å². The fourth-order valence-electron chi connectivity index (χ4n) is 2.39. The lowest BCUT2D eigenvalue weighted by atomic mass is 10.0. The molecule has 1 saturated heterocycles. The fraction of sp³-hybridized carbons (Fsp3) is 0.923. The summed E-state index contributed by atoms with van der Waals surface area (Å²) in [6.07, 6.45) is 3.21. The molecule has 1 amide bonds. The number of rotatable bonds is 5. The minimum absolute atomic E-state index is 0.0407. The molecular formula is C13H26N2O. The molecular weight excluding hydrogens is 200 g/mol. The lowest BCUT2D eigenvalue weighted by molar-refractivity contribution is -0.132. The molecule has 1 fully saturated rings. The summed E-state index contributed by atoms with van der Waals surface area (Å²) in [6.45, 7) is 10.8. The highest BCUT2D eigenvalue weighted by Gasteiger charge is 2.39. The molecule has 0 spiro atoms. The normalized spacial score (nSPS) is 27.9. The first kappa shape index (κ1) is 13.5. The molecule has 16 heavy (non-hydrogen) atoms. The molecule has 0 aromatic carbocycles. The first-order chi connectivity index (χ1) is 7.51. The van der Waals surface area contributed by atoms with Crippen molar-refractivity contribution in [2.45, 2.75) is 72.1 Å². The van der Waals surface area contributed by atoms with Crippen LogP contribution in [0.3, 0.4) is 0 Å². The van der Waals surface area contributed by atoms with Crippen LogP contribution in [-0.2, 0) is 4.79 Å². The maximum absolute atomic E-state index is 12.3. The van der Waals surface area contributed by atoms with Gasteiger partial charge in [-0.1, -0.05) is 27.7 Å². The molecule has 3 atom stereocenters. The van der Waals surface area contributed by atoms with Gasteiger partial charge >= 0.3 is 0 Å². The number of carbonyl (C=O) groups excluding carboxylic acids is 1. The van der Waals surface area contributed by atoms with Gasteiger partial charge in [0.2, 0.25) is 5.91 Å². The van der Waals surface area contributed by atoms with Crippen LogP contribution in [0.25, 0.3) is 0 Å². The average Bonchev–Trinajstić information content (AvgIpc) is 2.54. The van der Waals surface area contributed by atoms with Gasteiger partial charge in [0.1, 0.15) is 0 Å². The minimum Gasteiger partial charge on any atom is -0.323 e. The van der Waals surface area contributed by atoms with Gasteiger partial charge in [-0.15, -0.1) is 0 Å². The van der Waals surface area contributed by atoms with Crippen molar-refractivity contribution >= 4 is 5.91 Å². The molecule has 0 aliphatic carbocycles. The summed E-state index contributed by atoms with van der Waals surface area (Å²) in [6, 6.07) is 0.390. The van der Waals surface area contributed by atoms with Crippen molar-refractivity contribution in [3.05, 3.63) is 0 Å². The standard InChI is InChI=1S/C13H26N2O/c1-6-10(5)15-12(7-2)14-11(13(15)16)8-9(3)4/h9-12,14H,6-8H2,1-5H3. The zero-order valence-electron chi connectivity index (χ0n) is 11.3. The van der Waals surface area contributed by atoms with Crippen LogP contribution in [0.5, 0.6) is 0 Å². The number of hydrogen-bond donors (Lipinski definition) is 1. The van der Waals surface area contributed by atoms with Crippen molar-refractivity contribution in [1.29, 1.82) is 0 Å². The highest BCUT2D eigenvalue weighted by atomic mass is 16.2. The van der Waals surface area contributed by atoms with E-state index in [1.165, 1.54) is 0 Å². The summed E-state index contributed by atoms with van der Waals surface area (Å²) >= 11 is 0. The van der Waals surface area contributed by atoms with E-state index in [2.05, 4.69) is 39.9 Å². The van der Waals surface area contributed by atoms with Crippen LogP contribution in [0, 0.1) is 5.92 Å². The molecule has 1 N–H and O–H groups in total. The van der Waals surface area contributed by atoms with Crippen LogP contribution in [0.15, 0.2) is 0 Å². The molecule has 0 saturated carbocycles. The maximum Gasteiger partial charge on any atom is 0.241 e. The zero-order valence-corrected chi connectivity index (χ0v) is 11.3. The number of carbonyl (C=O) groups is 1. The van der Waals surface area contributed by atoms with Gasteiger partial charge in [-0.05, 0) is 32.1 Å². The van der Waals surface area contributed by atoms with E-state index in [4.69, 9.17) is 0 Å². The molecule has 94 valence electrons. The van der Waals surface area contributed by atoms with E-state index in [0.29, 0.717) is 17.9 Å². The van der Waals surface area contributed by atoms with Crippen molar-refractivity contribution in [2.24, 2.45) is 5.92 Å². The third-order valence-electron chi connectivity index (χ3n) is 3.44. The van der Waals surface area contributed by atoms with Crippen molar-refractivity contribution < 1.29 is 4.79 Å². The summed E-state index contributed by atoms with van der Waals surface area (Å²) in [4.78, 5) is 14.3. The van der Waals surface area contributed by atoms with Crippen molar-refractivity contribution in [1.82, 2.24) is 10.2 Å². The van der Waals surface area contributed by atoms with Crippen LogP contribution < -0.4 is 5.32 Å². The second-order valence-corrected chi connectivity index (χ2v) is 5.28. The SMILES string of the molecule is CCC(C)N1C(=O)C(CC(C)C)NC1CC. The largest absolute Gasteiger partial charge is 0.323 e. The number of nitrogens with one attached hydrogen (secondary N) is 1. The molecule has 3 heteroatoms. The predicted molar refractivity (Wildman–Crippen MR) is 67.1 cm³/mol. The van der Waals surface area contributed by atoms with E-state index in [0.717, 1.165) is 19.3 Å². The van der Waals surface area contributed by atoms with Crippen molar-refractivity contribution in [3.63, 3.8) is 0 Å². The Labute approximate surface area is 99.6 Å². The van der Waals surface area contributed by atoms with Crippen LogP contribution in [0.2, 0.25) is 0 Å². The van der Waals surface area contributed by atoms with Gasteiger partial charge in [-0.25, -0.2) is 0 Å². The first-order valence-electron chi connectivity index (χ1n) is 6.59. The van der Waals surface area contributed by atoms with Gasteiger partial charge < -0.3 is 4.90 Å². The predicted octanol–water partition coefficient (Wildman–Crippen LogP) is 2.37. The third-order valence-corrected chi connectivity index (χ3v) is 3.44. The Morgan fingerprint density at radius 1 is 1.31 bits per heavy atom. The minimum atomic E-state index is 0.0407. The van der Waals surface area contributed by atoms with Crippen molar-refractivity contribution in [2.75, 3.05) is 0 Å². The van der Waals surface area contributed by atoms with Crippen LogP contribution >= 0.6 is 0 Å². The molecule has 1 aliphatic heterocycles. The summed E-state index contributed by atoms with van der Waals surface area (Å²) < 4.78 is 0. The second kappa shape index (κ2) is 5.67. The Morgan fingerprint density at radius 3 is 2.38 bits per heavy atom. The Kier molecular flexibility index (Phi) is 4.78. The van der Waals surface area contributed by atoms with Gasteiger partial charge in [0, 0.05) is 6.04 Å². The fourth-order valence-corrected chi connectivity index (χ4v) is 2.39. The van der Waals surface area contributed by atoms with Gasteiger partial charge in [-0.2, -0.15) is 0 Å². The van der Waals surface area contributed by atoms with E-state index < -0.39 is 0 Å². The van der Waals surface area contributed by atoms with E-state index in [1.54, 1.807) is 0 Å². The highest BCUT2D eigenvalue weighted by molar-refractivity contribution is 5.84. The molecule has 3 unspecified atom stereocenters. The van der Waals surface area contributed by atoms with E-state index in [1.807, 2.05) is 4.90 Å². The van der Waals surface area contributed by atoms with Gasteiger partial charge in [0.05, 0.1) is 12.2 Å². The monoisotopic (exact) mass is 226 g/mol. The average molecular weight is 226 g/mol. The summed E-state index contributed by atoms with van der Waals surface area (Å²) in [7, 11) is 0. The molecule has 1 heterocycles. The molecule has 0 aromatic rings. The quantitative estimate of drug-likeness (QED) is 0.780. The van der Waals surface area contributed by atoms with Gasteiger partial charge in [-0.3, -0.25) is 10.1 Å². The summed E-state index contributed by atoms with van der Waals surface area (Å²) in [5.41, 5.74) is 0. The van der Waals surface area contributed by atoms with Crippen LogP contribution in [0.1, 0.15) is 53.9 Å². The van der Waals surface area contributed by atoms with Gasteiger partial charge in [0.15, 0.2) is 0 Å². The molecule has 0 radical (unpaired) electrons. The summed E-state index contributed by atoms with van der Waals surface area (Å²) in [5.74, 6) is 0.866. The lowest BCUT2D eigenvalue weighted by Gasteiger charge is -2.29. The smallest absolute Gasteiger partial charge is 0.241 e. The molecule has 0 aromatic heterocycles. The maximum atomic E-state index is 12.3. The Balaban J connectivity index is 2.72. The number of amides is 1. The third kappa shape index (κ3) is 2.76. The molecule has 3 nitrogen and oxygen atoms in total. The molecule has 1 rings (SSSR count). The number of nitrogens with zero attached hydrogens (tertiary/aromatic N) is 1. The van der Waals surface area contributed by atoms with E-state index in [9.17, 15) is 4.79 Å². The first-order valence-corrected chi connectivity index (χ1v) is 6.59. The van der Waals surface area contributed by atoms with Crippen LogP contribution in [0.4, 0.5) is 0 Å². The Bertz CT molecular complexity index is 240. The number of hydrogen-bond acceptors (Lipinski definition) is 2. The lowest BCUT2D eigenvalue weighted by Crippen LogP contribution is -2.42. The Hall–Kier alpha value is -0.570. The second-order valence-electron chi connectivity index (χ2n) is 5.28. The van der Waals surface area contributed by atoms with Crippen molar-refractivity contribution in [3.8, 4) is 0 Å². The molecule has 0 bridgehead atoms. The molecule has 1 aliphatic rings. The highest BCUT2D eigenvalue weighted by Crippen LogP contribution is 2.22. The van der Waals surface area contributed by atoms with E-state index in [-0.39, 0.29) is 12.2 Å². The van der Waals surface area contributed by atoms with Crippen LogP contribution in [-0.4, -0.2) is 29.1 Å². The van der Waals surface area contributed by atoms with Gasteiger partial charge in [0.25, 0.3) is 0 Å². The van der Waals surface area contributed by atoms with E-state index >= 15 is 0 Å². The zero-order chi connectivity index (χ0) is 12.3. The Morgan fingerprint density at radius 2 is 1.94 bits per heavy atom.